The van der Waals surface area contributed by atoms with Crippen molar-refractivity contribution >= 4 is 17.0 Å². The molecule has 0 aliphatic carbocycles. The van der Waals surface area contributed by atoms with Gasteiger partial charge in [0.05, 0.1) is 11.4 Å². The van der Waals surface area contributed by atoms with Crippen molar-refractivity contribution in [1.29, 1.82) is 0 Å². The van der Waals surface area contributed by atoms with Gasteiger partial charge >= 0.3 is 0 Å². The van der Waals surface area contributed by atoms with Gasteiger partial charge in [-0.1, -0.05) is 6.07 Å². The number of anilines is 1. The molecule has 1 unspecified atom stereocenters. The minimum absolute atomic E-state index is 0.336. The van der Waals surface area contributed by atoms with Crippen LogP contribution in [0.5, 0.6) is 0 Å². The molecular weight excluding hydrogens is 316 g/mol. The van der Waals surface area contributed by atoms with Crippen molar-refractivity contribution in [2.24, 2.45) is 0 Å². The van der Waals surface area contributed by atoms with E-state index in [0.717, 1.165) is 54.4 Å². The quantitative estimate of drug-likeness (QED) is 0.557. The van der Waals surface area contributed by atoms with Crippen LogP contribution >= 0.6 is 0 Å². The molecule has 0 saturated carbocycles. The third-order valence-electron chi connectivity index (χ3n) is 4.84. The molecule has 1 fully saturated rings. The molecule has 0 aromatic carbocycles. The molecule has 0 spiro atoms. The zero-order valence-corrected chi connectivity index (χ0v) is 13.9. The molecule has 4 aromatic heterocycles. The molecule has 4 aromatic rings. The number of aromatic nitrogens is 7. The van der Waals surface area contributed by atoms with E-state index in [4.69, 9.17) is 0 Å². The standard InChI is InChI=1S/C17H18N8/c1-12-9-14(17-20-18-11-25(17)22-12)23-7-4-5-13(10-23)16-21-19-15-6-2-3-8-24(15)16/h2-3,6,8-9,11,13H,4-5,7,10H2,1H3. The van der Waals surface area contributed by atoms with Gasteiger partial charge in [-0.15, -0.1) is 20.4 Å². The van der Waals surface area contributed by atoms with Crippen molar-refractivity contribution in [3.63, 3.8) is 0 Å². The number of nitrogens with zero attached hydrogens (tertiary/aromatic N) is 8. The normalized spacial score (nSPS) is 18.3. The Morgan fingerprint density at radius 3 is 3.08 bits per heavy atom. The van der Waals surface area contributed by atoms with E-state index in [1.807, 2.05) is 31.3 Å². The van der Waals surface area contributed by atoms with Gasteiger partial charge in [0.2, 0.25) is 5.65 Å². The second kappa shape index (κ2) is 5.51. The predicted molar refractivity (Wildman–Crippen MR) is 92.7 cm³/mol. The summed E-state index contributed by atoms with van der Waals surface area (Å²) in [5.41, 5.74) is 3.74. The van der Waals surface area contributed by atoms with E-state index in [2.05, 4.69) is 40.9 Å². The van der Waals surface area contributed by atoms with Gasteiger partial charge in [0.1, 0.15) is 12.2 Å². The third kappa shape index (κ3) is 2.33. The van der Waals surface area contributed by atoms with Gasteiger partial charge in [0.15, 0.2) is 5.65 Å². The van der Waals surface area contributed by atoms with Crippen LogP contribution in [-0.2, 0) is 0 Å². The Balaban J connectivity index is 1.53. The van der Waals surface area contributed by atoms with Crippen LogP contribution in [0.25, 0.3) is 11.3 Å². The fraction of sp³-hybridized carbons (Fsp3) is 0.353. The molecule has 5 heterocycles. The topological polar surface area (TPSA) is 76.5 Å². The molecule has 8 nitrogen and oxygen atoms in total. The van der Waals surface area contributed by atoms with Gasteiger partial charge in [-0.05, 0) is 38.0 Å². The van der Waals surface area contributed by atoms with Crippen LogP contribution in [-0.4, -0.2) is 47.5 Å². The van der Waals surface area contributed by atoms with Gasteiger partial charge in [0.25, 0.3) is 0 Å². The highest BCUT2D eigenvalue weighted by Crippen LogP contribution is 2.31. The highest BCUT2D eigenvalue weighted by atomic mass is 15.4. The van der Waals surface area contributed by atoms with E-state index in [9.17, 15) is 0 Å². The van der Waals surface area contributed by atoms with Crippen molar-refractivity contribution in [3.8, 4) is 0 Å². The van der Waals surface area contributed by atoms with Crippen molar-refractivity contribution < 1.29 is 0 Å². The first kappa shape index (κ1) is 14.3. The fourth-order valence-corrected chi connectivity index (χ4v) is 3.71. The average molecular weight is 334 g/mol. The van der Waals surface area contributed by atoms with Crippen LogP contribution in [0.3, 0.4) is 0 Å². The van der Waals surface area contributed by atoms with Crippen LogP contribution in [0.15, 0.2) is 36.8 Å². The van der Waals surface area contributed by atoms with Gasteiger partial charge in [-0.25, -0.2) is 0 Å². The Hall–Kier alpha value is -3.03. The van der Waals surface area contributed by atoms with Crippen molar-refractivity contribution in [3.05, 3.63) is 48.3 Å². The number of rotatable bonds is 2. The first-order valence-corrected chi connectivity index (χ1v) is 8.52. The maximum atomic E-state index is 4.46. The van der Waals surface area contributed by atoms with Crippen LogP contribution in [0.4, 0.5) is 5.69 Å². The van der Waals surface area contributed by atoms with E-state index < -0.39 is 0 Å². The lowest BCUT2D eigenvalue weighted by molar-refractivity contribution is 0.488. The fourth-order valence-electron chi connectivity index (χ4n) is 3.71. The average Bonchev–Trinajstić information content (AvgIpc) is 3.27. The number of fused-ring (bicyclic) bond motifs is 2. The van der Waals surface area contributed by atoms with E-state index in [1.54, 1.807) is 10.8 Å². The molecule has 1 aliphatic heterocycles. The Bertz CT molecular complexity index is 1050. The predicted octanol–water partition coefficient (Wildman–Crippen LogP) is 1.86. The lowest BCUT2D eigenvalue weighted by Gasteiger charge is -2.33. The monoisotopic (exact) mass is 334 g/mol. The number of piperidine rings is 1. The van der Waals surface area contributed by atoms with Crippen LogP contribution in [0, 0.1) is 6.92 Å². The zero-order chi connectivity index (χ0) is 16.8. The van der Waals surface area contributed by atoms with E-state index in [1.165, 1.54) is 0 Å². The second-order valence-electron chi connectivity index (χ2n) is 6.54. The lowest BCUT2D eigenvalue weighted by Crippen LogP contribution is -2.35. The SMILES string of the molecule is Cc1cc(N2CCCC(c3nnc4ccccn34)C2)c2nncn2n1. The first-order chi connectivity index (χ1) is 12.3. The number of aryl methyl sites for hydroxylation is 1. The summed E-state index contributed by atoms with van der Waals surface area (Å²) in [5.74, 6) is 1.37. The van der Waals surface area contributed by atoms with Crippen LogP contribution in [0.2, 0.25) is 0 Å². The summed E-state index contributed by atoms with van der Waals surface area (Å²) in [7, 11) is 0. The zero-order valence-electron chi connectivity index (χ0n) is 13.9. The number of pyridine rings is 1. The minimum atomic E-state index is 0.336. The van der Waals surface area contributed by atoms with Gasteiger partial charge < -0.3 is 4.90 Å². The van der Waals surface area contributed by atoms with Gasteiger partial charge in [-0.3, -0.25) is 4.40 Å². The summed E-state index contributed by atoms with van der Waals surface area (Å²) >= 11 is 0. The Kier molecular flexibility index (Phi) is 3.16. The summed E-state index contributed by atoms with van der Waals surface area (Å²) in [6, 6.07) is 8.09. The Morgan fingerprint density at radius 1 is 1.16 bits per heavy atom. The van der Waals surface area contributed by atoms with Crippen molar-refractivity contribution in [2.45, 2.75) is 25.7 Å². The maximum Gasteiger partial charge on any atom is 0.200 e. The molecule has 0 radical (unpaired) electrons. The van der Waals surface area contributed by atoms with Gasteiger partial charge in [0, 0.05) is 25.2 Å². The summed E-state index contributed by atoms with van der Waals surface area (Å²) in [4.78, 5) is 2.37. The minimum Gasteiger partial charge on any atom is -0.368 e. The number of hydrogen-bond acceptors (Lipinski definition) is 6. The number of hydrogen-bond donors (Lipinski definition) is 0. The van der Waals surface area contributed by atoms with Crippen LogP contribution < -0.4 is 4.90 Å². The summed E-state index contributed by atoms with van der Waals surface area (Å²) in [6.45, 7) is 3.89. The first-order valence-electron chi connectivity index (χ1n) is 8.52. The molecule has 126 valence electrons. The Morgan fingerprint density at radius 2 is 2.12 bits per heavy atom. The smallest absolute Gasteiger partial charge is 0.200 e. The summed E-state index contributed by atoms with van der Waals surface area (Å²) in [6.07, 6.45) is 5.91. The van der Waals surface area contributed by atoms with Crippen molar-refractivity contribution in [1.82, 2.24) is 34.4 Å². The Labute approximate surface area is 144 Å². The molecule has 0 amide bonds. The molecule has 1 aliphatic rings. The van der Waals surface area contributed by atoms with Crippen LogP contribution in [0.1, 0.15) is 30.3 Å². The van der Waals surface area contributed by atoms with Crippen molar-refractivity contribution in [2.75, 3.05) is 18.0 Å². The largest absolute Gasteiger partial charge is 0.368 e. The van der Waals surface area contributed by atoms with E-state index in [0.29, 0.717) is 5.92 Å². The highest BCUT2D eigenvalue weighted by molar-refractivity contribution is 5.68. The molecule has 1 saturated heterocycles. The molecule has 1 atom stereocenters. The third-order valence-corrected chi connectivity index (χ3v) is 4.84. The lowest BCUT2D eigenvalue weighted by atomic mass is 9.96. The van der Waals surface area contributed by atoms with E-state index >= 15 is 0 Å². The highest BCUT2D eigenvalue weighted by Gasteiger charge is 2.27. The van der Waals surface area contributed by atoms with E-state index in [-0.39, 0.29) is 0 Å². The molecule has 0 bridgehead atoms. The summed E-state index contributed by atoms with van der Waals surface area (Å²) < 4.78 is 3.85. The molecule has 0 N–H and O–H groups in total. The molecule has 5 rings (SSSR count). The molecule has 25 heavy (non-hydrogen) atoms. The summed E-state index contributed by atoms with van der Waals surface area (Å²) in [5, 5.41) is 21.5. The second-order valence-corrected chi connectivity index (χ2v) is 6.54. The molecule has 8 heteroatoms. The van der Waals surface area contributed by atoms with Gasteiger partial charge in [-0.2, -0.15) is 9.61 Å². The molecular formula is C17H18N8. The maximum absolute atomic E-state index is 4.46.